The minimum atomic E-state index is 0.0370. The molecule has 1 aliphatic rings. The van der Waals surface area contributed by atoms with Crippen LogP contribution in [0.2, 0.25) is 0 Å². The Hall–Kier alpha value is -0.550. The van der Waals surface area contributed by atoms with Crippen LogP contribution in [0.4, 0.5) is 0 Å². The SMILES string of the molecule is Cn1nncc1C(N)C1(C)CCCS1. The van der Waals surface area contributed by atoms with Crippen molar-refractivity contribution in [2.45, 2.75) is 30.6 Å². The fraction of sp³-hybridized carbons (Fsp3) is 0.778. The van der Waals surface area contributed by atoms with E-state index in [1.54, 1.807) is 10.9 Å². The molecule has 0 spiro atoms. The standard InChI is InChI=1S/C9H16N4S/c1-9(4-3-5-14-9)8(10)7-6-11-12-13(7)2/h6,8H,3-5,10H2,1-2H3. The highest BCUT2D eigenvalue weighted by Gasteiger charge is 2.37. The highest BCUT2D eigenvalue weighted by Crippen LogP contribution is 2.45. The van der Waals surface area contributed by atoms with Gasteiger partial charge in [0, 0.05) is 11.8 Å². The van der Waals surface area contributed by atoms with Gasteiger partial charge in [0.15, 0.2) is 0 Å². The van der Waals surface area contributed by atoms with Crippen LogP contribution < -0.4 is 5.73 Å². The maximum atomic E-state index is 6.26. The van der Waals surface area contributed by atoms with Crippen LogP contribution >= 0.6 is 11.8 Å². The molecule has 14 heavy (non-hydrogen) atoms. The summed E-state index contributed by atoms with van der Waals surface area (Å²) in [5.41, 5.74) is 7.29. The molecule has 2 unspecified atom stereocenters. The van der Waals surface area contributed by atoms with Crippen LogP contribution in [0, 0.1) is 0 Å². The van der Waals surface area contributed by atoms with E-state index < -0.39 is 0 Å². The minimum absolute atomic E-state index is 0.0370. The number of aryl methyl sites for hydroxylation is 1. The average Bonchev–Trinajstić information content (AvgIpc) is 2.74. The van der Waals surface area contributed by atoms with Gasteiger partial charge in [0.2, 0.25) is 0 Å². The van der Waals surface area contributed by atoms with Gasteiger partial charge in [-0.3, -0.25) is 4.68 Å². The van der Waals surface area contributed by atoms with Gasteiger partial charge in [-0.2, -0.15) is 11.8 Å². The zero-order valence-electron chi connectivity index (χ0n) is 8.60. The molecule has 1 aliphatic heterocycles. The lowest BCUT2D eigenvalue weighted by Gasteiger charge is -2.29. The van der Waals surface area contributed by atoms with E-state index in [0.717, 1.165) is 5.69 Å². The highest BCUT2D eigenvalue weighted by atomic mass is 32.2. The monoisotopic (exact) mass is 212 g/mol. The van der Waals surface area contributed by atoms with Crippen LogP contribution in [0.3, 0.4) is 0 Å². The van der Waals surface area contributed by atoms with Crippen LogP contribution in [0.15, 0.2) is 6.20 Å². The molecule has 1 fully saturated rings. The Morgan fingerprint density at radius 1 is 1.71 bits per heavy atom. The fourth-order valence-electron chi connectivity index (χ4n) is 1.94. The van der Waals surface area contributed by atoms with E-state index in [1.807, 2.05) is 18.8 Å². The van der Waals surface area contributed by atoms with E-state index in [9.17, 15) is 0 Å². The second-order valence-electron chi connectivity index (χ2n) is 4.02. The summed E-state index contributed by atoms with van der Waals surface area (Å²) in [7, 11) is 1.89. The molecule has 78 valence electrons. The Morgan fingerprint density at radius 3 is 3.00 bits per heavy atom. The van der Waals surface area contributed by atoms with E-state index in [2.05, 4.69) is 17.2 Å². The van der Waals surface area contributed by atoms with Crippen molar-refractivity contribution >= 4 is 11.8 Å². The number of nitrogens with zero attached hydrogens (tertiary/aromatic N) is 3. The first-order valence-electron chi connectivity index (χ1n) is 4.87. The molecule has 2 rings (SSSR count). The summed E-state index contributed by atoms with van der Waals surface area (Å²) in [6.07, 6.45) is 4.22. The van der Waals surface area contributed by atoms with Gasteiger partial charge in [-0.15, -0.1) is 5.10 Å². The van der Waals surface area contributed by atoms with Crippen molar-refractivity contribution < 1.29 is 0 Å². The van der Waals surface area contributed by atoms with Gasteiger partial charge in [-0.25, -0.2) is 0 Å². The van der Waals surface area contributed by atoms with Crippen LogP contribution in [-0.2, 0) is 7.05 Å². The Bertz CT molecular complexity index is 316. The molecule has 2 atom stereocenters. The molecular formula is C9H16N4S. The van der Waals surface area contributed by atoms with Gasteiger partial charge >= 0.3 is 0 Å². The summed E-state index contributed by atoms with van der Waals surface area (Å²) in [6, 6.07) is 0.0370. The minimum Gasteiger partial charge on any atom is -0.321 e. The molecular weight excluding hydrogens is 196 g/mol. The highest BCUT2D eigenvalue weighted by molar-refractivity contribution is 8.00. The maximum absolute atomic E-state index is 6.26. The van der Waals surface area contributed by atoms with Gasteiger partial charge in [-0.1, -0.05) is 5.21 Å². The summed E-state index contributed by atoms with van der Waals surface area (Å²) in [4.78, 5) is 0. The summed E-state index contributed by atoms with van der Waals surface area (Å²) < 4.78 is 1.93. The number of nitrogens with two attached hydrogens (primary N) is 1. The van der Waals surface area contributed by atoms with Crippen molar-refractivity contribution in [3.05, 3.63) is 11.9 Å². The summed E-state index contributed by atoms with van der Waals surface area (Å²) in [5, 5.41) is 7.79. The molecule has 2 N–H and O–H groups in total. The van der Waals surface area contributed by atoms with Crippen molar-refractivity contribution in [2.24, 2.45) is 12.8 Å². The predicted molar refractivity (Wildman–Crippen MR) is 58.0 cm³/mol. The molecule has 0 amide bonds. The smallest absolute Gasteiger partial charge is 0.0765 e. The van der Waals surface area contributed by atoms with E-state index >= 15 is 0 Å². The molecule has 5 heteroatoms. The molecule has 0 bridgehead atoms. The van der Waals surface area contributed by atoms with E-state index in [4.69, 9.17) is 5.73 Å². The van der Waals surface area contributed by atoms with Crippen molar-refractivity contribution in [3.8, 4) is 0 Å². The lowest BCUT2D eigenvalue weighted by Crippen LogP contribution is -2.34. The fourth-order valence-corrected chi connectivity index (χ4v) is 3.28. The first-order valence-corrected chi connectivity index (χ1v) is 5.86. The van der Waals surface area contributed by atoms with Gasteiger partial charge in [0.1, 0.15) is 0 Å². The Labute approximate surface area is 88.2 Å². The molecule has 1 saturated heterocycles. The molecule has 4 nitrogen and oxygen atoms in total. The number of hydrogen-bond donors (Lipinski definition) is 1. The zero-order valence-corrected chi connectivity index (χ0v) is 9.42. The van der Waals surface area contributed by atoms with Crippen LogP contribution in [0.5, 0.6) is 0 Å². The molecule has 1 aromatic rings. The predicted octanol–water partition coefficient (Wildman–Crippen LogP) is 1.10. The third-order valence-electron chi connectivity index (χ3n) is 2.98. The molecule has 1 aromatic heterocycles. The summed E-state index contributed by atoms with van der Waals surface area (Å²) in [5.74, 6) is 1.22. The molecule has 2 heterocycles. The second kappa shape index (κ2) is 3.55. The maximum Gasteiger partial charge on any atom is 0.0765 e. The zero-order chi connectivity index (χ0) is 10.2. The van der Waals surface area contributed by atoms with E-state index in [0.29, 0.717) is 0 Å². The number of thioether (sulfide) groups is 1. The normalized spacial score (nSPS) is 29.4. The van der Waals surface area contributed by atoms with Crippen LogP contribution in [0.1, 0.15) is 31.5 Å². The Kier molecular flexibility index (Phi) is 2.53. The van der Waals surface area contributed by atoms with Crippen LogP contribution in [0.25, 0.3) is 0 Å². The van der Waals surface area contributed by atoms with Gasteiger partial charge in [-0.05, 0) is 25.5 Å². The summed E-state index contributed by atoms with van der Waals surface area (Å²) >= 11 is 1.97. The quantitative estimate of drug-likeness (QED) is 0.797. The number of aromatic nitrogens is 3. The lowest BCUT2D eigenvalue weighted by molar-refractivity contribution is 0.473. The Balaban J connectivity index is 2.23. The van der Waals surface area contributed by atoms with Crippen molar-refractivity contribution in [1.82, 2.24) is 15.0 Å². The van der Waals surface area contributed by atoms with Gasteiger partial charge in [0.25, 0.3) is 0 Å². The second-order valence-corrected chi connectivity index (χ2v) is 5.65. The first kappa shape index (κ1) is 9.98. The van der Waals surface area contributed by atoms with Gasteiger partial charge in [0.05, 0.1) is 17.9 Å². The Morgan fingerprint density at radius 2 is 2.50 bits per heavy atom. The van der Waals surface area contributed by atoms with E-state index in [-0.39, 0.29) is 10.8 Å². The third kappa shape index (κ3) is 1.54. The first-order chi connectivity index (χ1) is 6.63. The third-order valence-corrected chi connectivity index (χ3v) is 4.59. The average molecular weight is 212 g/mol. The summed E-state index contributed by atoms with van der Waals surface area (Å²) in [6.45, 7) is 2.24. The molecule has 0 saturated carbocycles. The number of rotatable bonds is 2. The van der Waals surface area contributed by atoms with Crippen LogP contribution in [-0.4, -0.2) is 25.5 Å². The van der Waals surface area contributed by atoms with Crippen molar-refractivity contribution in [2.75, 3.05) is 5.75 Å². The van der Waals surface area contributed by atoms with Crippen molar-refractivity contribution in [1.29, 1.82) is 0 Å². The lowest BCUT2D eigenvalue weighted by atomic mass is 9.95. The number of hydrogen-bond acceptors (Lipinski definition) is 4. The van der Waals surface area contributed by atoms with Gasteiger partial charge < -0.3 is 5.73 Å². The molecule has 0 radical (unpaired) electrons. The molecule has 0 aliphatic carbocycles. The molecule has 0 aromatic carbocycles. The topological polar surface area (TPSA) is 56.7 Å². The van der Waals surface area contributed by atoms with E-state index in [1.165, 1.54) is 18.6 Å². The van der Waals surface area contributed by atoms with Crippen molar-refractivity contribution in [3.63, 3.8) is 0 Å². The largest absolute Gasteiger partial charge is 0.321 e.